The van der Waals surface area contributed by atoms with Gasteiger partial charge >= 0.3 is 0 Å². The standard InChI is InChI=1S/C14H10ClNOS/c1-10-8-12(16-9-17)4-7-14(10)18-13-5-2-11(15)3-6-13/h2-8H,1H3. The molecule has 0 aliphatic heterocycles. The van der Waals surface area contributed by atoms with Crippen molar-refractivity contribution in [3.05, 3.63) is 53.1 Å². The molecule has 0 saturated heterocycles. The van der Waals surface area contributed by atoms with Gasteiger partial charge in [0.15, 0.2) is 0 Å². The number of hydrogen-bond donors (Lipinski definition) is 0. The van der Waals surface area contributed by atoms with Gasteiger partial charge in [0.25, 0.3) is 0 Å². The SMILES string of the molecule is Cc1cc(N=C=O)ccc1Sc1ccc(Cl)cc1. The second kappa shape index (κ2) is 5.87. The highest BCUT2D eigenvalue weighted by Crippen LogP contribution is 2.32. The first kappa shape index (κ1) is 12.9. The summed E-state index contributed by atoms with van der Waals surface area (Å²) in [6.07, 6.45) is 1.54. The number of nitrogens with zero attached hydrogens (tertiary/aromatic N) is 1. The van der Waals surface area contributed by atoms with Gasteiger partial charge < -0.3 is 0 Å². The lowest BCUT2D eigenvalue weighted by Crippen LogP contribution is -1.79. The van der Waals surface area contributed by atoms with E-state index in [9.17, 15) is 4.79 Å². The Labute approximate surface area is 115 Å². The van der Waals surface area contributed by atoms with Gasteiger partial charge in [0.1, 0.15) is 0 Å². The molecule has 0 saturated carbocycles. The third kappa shape index (κ3) is 3.23. The Balaban J connectivity index is 2.24. The van der Waals surface area contributed by atoms with E-state index in [1.807, 2.05) is 43.3 Å². The van der Waals surface area contributed by atoms with Crippen LogP contribution in [-0.2, 0) is 4.79 Å². The predicted molar refractivity (Wildman–Crippen MR) is 74.5 cm³/mol. The summed E-state index contributed by atoms with van der Waals surface area (Å²) in [6, 6.07) is 13.3. The summed E-state index contributed by atoms with van der Waals surface area (Å²) in [6.45, 7) is 1.99. The lowest BCUT2D eigenvalue weighted by atomic mass is 10.2. The van der Waals surface area contributed by atoms with Crippen molar-refractivity contribution in [1.82, 2.24) is 0 Å². The zero-order chi connectivity index (χ0) is 13.0. The minimum atomic E-state index is 0.628. The Hall–Kier alpha value is -1.54. The topological polar surface area (TPSA) is 29.4 Å². The second-order valence-corrected chi connectivity index (χ2v) is 5.26. The van der Waals surface area contributed by atoms with Crippen LogP contribution in [0, 0.1) is 6.92 Å². The quantitative estimate of drug-likeness (QED) is 0.597. The van der Waals surface area contributed by atoms with Crippen LogP contribution in [0.2, 0.25) is 5.02 Å². The van der Waals surface area contributed by atoms with Crippen LogP contribution >= 0.6 is 23.4 Å². The summed E-state index contributed by atoms with van der Waals surface area (Å²) in [5.41, 5.74) is 1.70. The van der Waals surface area contributed by atoms with E-state index in [0.29, 0.717) is 5.69 Å². The van der Waals surface area contributed by atoms with Gasteiger partial charge in [-0.3, -0.25) is 0 Å². The number of aryl methyl sites for hydroxylation is 1. The van der Waals surface area contributed by atoms with E-state index < -0.39 is 0 Å². The summed E-state index contributed by atoms with van der Waals surface area (Å²) in [4.78, 5) is 16.0. The zero-order valence-corrected chi connectivity index (χ0v) is 11.3. The highest BCUT2D eigenvalue weighted by Gasteiger charge is 2.02. The first-order valence-corrected chi connectivity index (χ1v) is 6.50. The normalized spacial score (nSPS) is 9.89. The van der Waals surface area contributed by atoms with Gasteiger partial charge in [-0.2, -0.15) is 4.99 Å². The average Bonchev–Trinajstić information content (AvgIpc) is 2.36. The molecule has 2 nitrogen and oxygen atoms in total. The Morgan fingerprint density at radius 2 is 1.89 bits per heavy atom. The molecule has 0 unspecified atom stereocenters. The molecular formula is C14H10ClNOS. The number of hydrogen-bond acceptors (Lipinski definition) is 3. The second-order valence-electron chi connectivity index (χ2n) is 3.71. The van der Waals surface area contributed by atoms with E-state index in [1.54, 1.807) is 23.9 Å². The van der Waals surface area contributed by atoms with Gasteiger partial charge in [0, 0.05) is 14.8 Å². The van der Waals surface area contributed by atoms with Gasteiger partial charge in [-0.25, -0.2) is 4.79 Å². The molecule has 2 aromatic carbocycles. The smallest absolute Gasteiger partial charge is 0.211 e. The maximum Gasteiger partial charge on any atom is 0.240 e. The van der Waals surface area contributed by atoms with Crippen LogP contribution in [0.25, 0.3) is 0 Å². The van der Waals surface area contributed by atoms with Crippen molar-refractivity contribution >= 4 is 35.1 Å². The lowest BCUT2D eigenvalue weighted by molar-refractivity contribution is 0.565. The molecule has 0 radical (unpaired) electrons. The fourth-order valence-electron chi connectivity index (χ4n) is 1.50. The molecule has 0 amide bonds. The summed E-state index contributed by atoms with van der Waals surface area (Å²) in [7, 11) is 0. The van der Waals surface area contributed by atoms with Crippen molar-refractivity contribution in [3.63, 3.8) is 0 Å². The summed E-state index contributed by atoms with van der Waals surface area (Å²) in [5, 5.41) is 0.728. The zero-order valence-electron chi connectivity index (χ0n) is 9.68. The van der Waals surface area contributed by atoms with Crippen molar-refractivity contribution in [3.8, 4) is 0 Å². The molecule has 90 valence electrons. The van der Waals surface area contributed by atoms with Gasteiger partial charge in [-0.15, -0.1) is 0 Å². The Kier molecular flexibility index (Phi) is 4.21. The van der Waals surface area contributed by atoms with Crippen LogP contribution in [0.15, 0.2) is 57.2 Å². The molecule has 0 fully saturated rings. The summed E-state index contributed by atoms with van der Waals surface area (Å²) in [5.74, 6) is 0. The molecular weight excluding hydrogens is 266 g/mol. The van der Waals surface area contributed by atoms with E-state index in [0.717, 1.165) is 20.4 Å². The molecule has 4 heteroatoms. The molecule has 0 aliphatic carbocycles. The third-order valence-corrected chi connectivity index (χ3v) is 3.81. The third-order valence-electron chi connectivity index (χ3n) is 2.37. The number of carbonyl (C=O) groups excluding carboxylic acids is 1. The fourth-order valence-corrected chi connectivity index (χ4v) is 2.51. The van der Waals surface area contributed by atoms with Crippen LogP contribution < -0.4 is 0 Å². The average molecular weight is 276 g/mol. The van der Waals surface area contributed by atoms with E-state index >= 15 is 0 Å². The van der Waals surface area contributed by atoms with Crippen LogP contribution in [0.1, 0.15) is 5.56 Å². The predicted octanol–water partition coefficient (Wildman–Crippen LogP) is 4.77. The van der Waals surface area contributed by atoms with Crippen molar-refractivity contribution in [2.75, 3.05) is 0 Å². The first-order valence-electron chi connectivity index (χ1n) is 5.31. The molecule has 0 heterocycles. The molecule has 18 heavy (non-hydrogen) atoms. The number of aliphatic imine (C=N–C) groups is 1. The summed E-state index contributed by atoms with van der Waals surface area (Å²) >= 11 is 7.49. The molecule has 0 N–H and O–H groups in total. The minimum Gasteiger partial charge on any atom is -0.211 e. The van der Waals surface area contributed by atoms with Crippen molar-refractivity contribution < 1.29 is 4.79 Å². The molecule has 2 aromatic rings. The lowest BCUT2D eigenvalue weighted by Gasteiger charge is -2.06. The highest BCUT2D eigenvalue weighted by atomic mass is 35.5. The Morgan fingerprint density at radius 1 is 1.17 bits per heavy atom. The number of halogens is 1. The van der Waals surface area contributed by atoms with Gasteiger partial charge in [0.05, 0.1) is 5.69 Å². The molecule has 0 atom stereocenters. The monoisotopic (exact) mass is 275 g/mol. The van der Waals surface area contributed by atoms with E-state index in [4.69, 9.17) is 11.6 Å². The highest BCUT2D eigenvalue weighted by molar-refractivity contribution is 7.99. The maximum atomic E-state index is 10.2. The van der Waals surface area contributed by atoms with Crippen LogP contribution in [-0.4, -0.2) is 6.08 Å². The summed E-state index contributed by atoms with van der Waals surface area (Å²) < 4.78 is 0. The Morgan fingerprint density at radius 3 is 2.50 bits per heavy atom. The number of isocyanates is 1. The number of rotatable bonds is 3. The Bertz CT molecular complexity index is 604. The molecule has 2 rings (SSSR count). The first-order chi connectivity index (χ1) is 8.69. The van der Waals surface area contributed by atoms with Crippen molar-refractivity contribution in [1.29, 1.82) is 0 Å². The fraction of sp³-hybridized carbons (Fsp3) is 0.0714. The largest absolute Gasteiger partial charge is 0.240 e. The molecule has 0 aliphatic rings. The molecule has 0 aromatic heterocycles. The van der Waals surface area contributed by atoms with E-state index in [1.165, 1.54) is 0 Å². The van der Waals surface area contributed by atoms with Gasteiger partial charge in [-0.05, 0) is 55.0 Å². The number of benzene rings is 2. The van der Waals surface area contributed by atoms with Crippen LogP contribution in [0.3, 0.4) is 0 Å². The van der Waals surface area contributed by atoms with E-state index in [-0.39, 0.29) is 0 Å². The van der Waals surface area contributed by atoms with Gasteiger partial charge in [0.2, 0.25) is 6.08 Å². The van der Waals surface area contributed by atoms with Crippen molar-refractivity contribution in [2.24, 2.45) is 4.99 Å². The van der Waals surface area contributed by atoms with Gasteiger partial charge in [-0.1, -0.05) is 23.4 Å². The van der Waals surface area contributed by atoms with Crippen molar-refractivity contribution in [2.45, 2.75) is 16.7 Å². The maximum absolute atomic E-state index is 10.2. The van der Waals surface area contributed by atoms with Crippen LogP contribution in [0.5, 0.6) is 0 Å². The minimum absolute atomic E-state index is 0.628. The molecule has 0 spiro atoms. The van der Waals surface area contributed by atoms with E-state index in [2.05, 4.69) is 4.99 Å². The molecule has 0 bridgehead atoms. The van der Waals surface area contributed by atoms with Crippen LogP contribution in [0.4, 0.5) is 5.69 Å².